The number of sulfonamides is 1. The fourth-order valence-corrected chi connectivity index (χ4v) is 3.99. The van der Waals surface area contributed by atoms with Crippen molar-refractivity contribution >= 4 is 22.6 Å². The van der Waals surface area contributed by atoms with Gasteiger partial charge in [-0.25, -0.2) is 13.1 Å². The maximum absolute atomic E-state index is 12.9. The van der Waals surface area contributed by atoms with Gasteiger partial charge in [-0.3, -0.25) is 0 Å². The molecule has 0 aromatic heterocycles. The van der Waals surface area contributed by atoms with Crippen molar-refractivity contribution in [3.8, 4) is 0 Å². The zero-order valence-corrected chi connectivity index (χ0v) is 17.9. The minimum absolute atomic E-state index is 0.0913. The van der Waals surface area contributed by atoms with Gasteiger partial charge >= 0.3 is 13.3 Å². The smallest absolute Gasteiger partial charge is 0.399 e. The Morgan fingerprint density at radius 2 is 1.57 bits per heavy atom. The van der Waals surface area contributed by atoms with E-state index < -0.39 is 45.0 Å². The summed E-state index contributed by atoms with van der Waals surface area (Å²) in [6.07, 6.45) is -4.62. The molecule has 0 amide bonds. The largest absolute Gasteiger partial charge is 0.494 e. The van der Waals surface area contributed by atoms with Crippen LogP contribution < -0.4 is 10.2 Å². The van der Waals surface area contributed by atoms with Crippen LogP contribution in [0.2, 0.25) is 0 Å². The fraction of sp³-hybridized carbons (Fsp3) is 0.400. The lowest BCUT2D eigenvalue weighted by atomic mass is 9.78. The Kier molecular flexibility index (Phi) is 5.83. The summed E-state index contributed by atoms with van der Waals surface area (Å²) in [5.41, 5.74) is -0.701. The first kappa shape index (κ1) is 22.8. The van der Waals surface area contributed by atoms with Crippen molar-refractivity contribution in [2.24, 2.45) is 0 Å². The van der Waals surface area contributed by atoms with E-state index in [1.807, 2.05) is 33.8 Å². The molecule has 30 heavy (non-hydrogen) atoms. The van der Waals surface area contributed by atoms with Gasteiger partial charge in [0, 0.05) is 6.54 Å². The third-order valence-electron chi connectivity index (χ3n) is 5.41. The molecule has 0 radical (unpaired) electrons. The Labute approximate surface area is 174 Å². The van der Waals surface area contributed by atoms with Gasteiger partial charge in [-0.2, -0.15) is 13.2 Å². The Morgan fingerprint density at radius 3 is 2.17 bits per heavy atom. The van der Waals surface area contributed by atoms with Gasteiger partial charge in [0.1, 0.15) is 0 Å². The van der Waals surface area contributed by atoms with Gasteiger partial charge in [0.05, 0.1) is 21.7 Å². The predicted octanol–water partition coefficient (Wildman–Crippen LogP) is 3.48. The first-order valence-electron chi connectivity index (χ1n) is 9.33. The Hall–Kier alpha value is -1.88. The highest BCUT2D eigenvalue weighted by molar-refractivity contribution is 7.89. The molecule has 0 saturated carbocycles. The van der Waals surface area contributed by atoms with Crippen molar-refractivity contribution in [3.05, 3.63) is 59.7 Å². The molecule has 0 bridgehead atoms. The van der Waals surface area contributed by atoms with Crippen LogP contribution in [0.15, 0.2) is 53.4 Å². The first-order valence-corrected chi connectivity index (χ1v) is 10.8. The number of rotatable bonds is 5. The lowest BCUT2D eigenvalue weighted by Gasteiger charge is -2.32. The average Bonchev–Trinajstić information content (AvgIpc) is 2.87. The van der Waals surface area contributed by atoms with E-state index in [-0.39, 0.29) is 6.54 Å². The van der Waals surface area contributed by atoms with Gasteiger partial charge in [-0.05, 0) is 56.9 Å². The van der Waals surface area contributed by atoms with E-state index in [4.69, 9.17) is 9.31 Å². The van der Waals surface area contributed by atoms with Crippen molar-refractivity contribution in [3.63, 3.8) is 0 Å². The van der Waals surface area contributed by atoms with Crippen molar-refractivity contribution in [1.82, 2.24) is 4.72 Å². The number of hydrogen-bond donors (Lipinski definition) is 1. The molecule has 0 atom stereocenters. The Morgan fingerprint density at radius 1 is 0.967 bits per heavy atom. The number of hydrogen-bond acceptors (Lipinski definition) is 4. The molecule has 3 rings (SSSR count). The predicted molar refractivity (Wildman–Crippen MR) is 108 cm³/mol. The van der Waals surface area contributed by atoms with Crippen LogP contribution in [0.3, 0.4) is 0 Å². The summed E-state index contributed by atoms with van der Waals surface area (Å²) in [6, 6.07) is 10.6. The molecule has 1 aliphatic rings. The van der Waals surface area contributed by atoms with Crippen LogP contribution >= 0.6 is 0 Å². The van der Waals surface area contributed by atoms with Crippen LogP contribution in [-0.4, -0.2) is 26.7 Å². The zero-order chi connectivity index (χ0) is 22.4. The minimum Gasteiger partial charge on any atom is -0.399 e. The molecule has 10 heteroatoms. The molecule has 1 N–H and O–H groups in total. The summed E-state index contributed by atoms with van der Waals surface area (Å²) in [4.78, 5) is -0.445. The Bertz CT molecular complexity index is 1020. The van der Waals surface area contributed by atoms with E-state index in [9.17, 15) is 21.6 Å². The summed E-state index contributed by atoms with van der Waals surface area (Å²) in [6.45, 7) is 7.63. The third-order valence-corrected chi connectivity index (χ3v) is 6.81. The summed E-state index contributed by atoms with van der Waals surface area (Å²) < 4.78 is 77.9. The molecule has 1 saturated heterocycles. The van der Waals surface area contributed by atoms with E-state index in [2.05, 4.69) is 4.72 Å². The van der Waals surface area contributed by atoms with Crippen LogP contribution in [0.1, 0.15) is 38.8 Å². The molecule has 2 aromatic rings. The van der Waals surface area contributed by atoms with Crippen LogP contribution in [0.4, 0.5) is 13.2 Å². The zero-order valence-electron chi connectivity index (χ0n) is 17.1. The van der Waals surface area contributed by atoms with Crippen molar-refractivity contribution in [2.75, 3.05) is 0 Å². The topological polar surface area (TPSA) is 64.6 Å². The van der Waals surface area contributed by atoms with E-state index in [0.717, 1.165) is 23.7 Å². The highest BCUT2D eigenvalue weighted by Crippen LogP contribution is 2.36. The lowest BCUT2D eigenvalue weighted by molar-refractivity contribution is -0.137. The number of halogens is 3. The van der Waals surface area contributed by atoms with Gasteiger partial charge in [0.2, 0.25) is 10.0 Å². The summed E-state index contributed by atoms with van der Waals surface area (Å²) in [7, 11) is -4.72. The molecule has 0 aliphatic carbocycles. The molecule has 0 spiro atoms. The van der Waals surface area contributed by atoms with Crippen molar-refractivity contribution in [1.29, 1.82) is 0 Å². The quantitative estimate of drug-likeness (QED) is 0.722. The van der Waals surface area contributed by atoms with Crippen LogP contribution in [0.25, 0.3) is 0 Å². The maximum Gasteiger partial charge on any atom is 0.494 e. The number of nitrogens with one attached hydrogen (secondary N) is 1. The van der Waals surface area contributed by atoms with Gasteiger partial charge in [0.15, 0.2) is 0 Å². The second kappa shape index (κ2) is 7.67. The molecular formula is C20H23BF3NO4S. The SMILES string of the molecule is CC1(C)OB(c2cccc(CNS(=O)(=O)c3cccc(C(F)(F)F)c3)c2)OC1(C)C. The van der Waals surface area contributed by atoms with Crippen LogP contribution in [-0.2, 0) is 32.1 Å². The minimum atomic E-state index is -4.62. The fourth-order valence-electron chi connectivity index (χ4n) is 2.93. The molecule has 162 valence electrons. The summed E-state index contributed by atoms with van der Waals surface area (Å²) >= 11 is 0. The standard InChI is InChI=1S/C20H23BF3NO4S/c1-18(2)19(3,4)29-21(28-18)16-9-5-7-14(11-16)13-25-30(26,27)17-10-6-8-15(12-17)20(22,23)24/h5-12,25H,13H2,1-4H3. The number of benzene rings is 2. The number of alkyl halides is 3. The molecule has 2 aromatic carbocycles. The van der Waals surface area contributed by atoms with E-state index in [1.54, 1.807) is 18.2 Å². The normalized spacial score (nSPS) is 18.6. The molecular weight excluding hydrogens is 418 g/mol. The summed E-state index contributed by atoms with van der Waals surface area (Å²) in [5.74, 6) is 0. The van der Waals surface area contributed by atoms with Gasteiger partial charge < -0.3 is 9.31 Å². The maximum atomic E-state index is 12.9. The average molecular weight is 441 g/mol. The summed E-state index contributed by atoms with van der Waals surface area (Å²) in [5, 5.41) is 0. The van der Waals surface area contributed by atoms with E-state index in [0.29, 0.717) is 11.6 Å². The van der Waals surface area contributed by atoms with Crippen molar-refractivity contribution < 1.29 is 30.9 Å². The van der Waals surface area contributed by atoms with Crippen LogP contribution in [0, 0.1) is 0 Å². The monoisotopic (exact) mass is 441 g/mol. The molecule has 5 nitrogen and oxygen atoms in total. The highest BCUT2D eigenvalue weighted by Gasteiger charge is 2.51. The van der Waals surface area contributed by atoms with Gasteiger partial charge in [-0.1, -0.05) is 30.3 Å². The molecule has 1 aliphatic heterocycles. The van der Waals surface area contributed by atoms with E-state index in [1.165, 1.54) is 0 Å². The van der Waals surface area contributed by atoms with Gasteiger partial charge in [-0.15, -0.1) is 0 Å². The second-order valence-corrected chi connectivity index (χ2v) is 9.95. The van der Waals surface area contributed by atoms with Crippen molar-refractivity contribution in [2.45, 2.75) is 56.5 Å². The molecule has 1 heterocycles. The van der Waals surface area contributed by atoms with Gasteiger partial charge in [0.25, 0.3) is 0 Å². The highest BCUT2D eigenvalue weighted by atomic mass is 32.2. The van der Waals surface area contributed by atoms with Crippen LogP contribution in [0.5, 0.6) is 0 Å². The second-order valence-electron chi connectivity index (χ2n) is 8.18. The third kappa shape index (κ3) is 4.72. The Balaban J connectivity index is 1.75. The lowest BCUT2D eigenvalue weighted by Crippen LogP contribution is -2.41. The van der Waals surface area contributed by atoms with E-state index >= 15 is 0 Å². The molecule has 0 unspecified atom stereocenters. The first-order chi connectivity index (χ1) is 13.7. The molecule has 1 fully saturated rings.